The van der Waals surface area contributed by atoms with Crippen molar-refractivity contribution in [2.24, 2.45) is 0 Å². The molecule has 0 spiro atoms. The number of nitrogens with zero attached hydrogens (tertiary/aromatic N) is 2. The fraction of sp³-hybridized carbons (Fsp3) is 0. The molecule has 17 aromatic rings. The molecule has 5 nitrogen and oxygen atoms in total. The lowest BCUT2D eigenvalue weighted by Gasteiger charge is -2.26. The highest BCUT2D eigenvalue weighted by atomic mass is 16.3. The van der Waals surface area contributed by atoms with Gasteiger partial charge in [-0.2, -0.15) is 0 Å². The molecule has 5 heteroatoms. The lowest BCUT2D eigenvalue weighted by molar-refractivity contribution is 0.668. The summed E-state index contributed by atoms with van der Waals surface area (Å²) in [6, 6.07) is 117. The van der Waals surface area contributed by atoms with E-state index in [9.17, 15) is 0 Å². The second-order valence-corrected chi connectivity index (χ2v) is 22.7. The summed E-state index contributed by atoms with van der Waals surface area (Å²) in [5.74, 6) is 0. The highest BCUT2D eigenvalue weighted by molar-refractivity contribution is 6.21. The summed E-state index contributed by atoms with van der Waals surface area (Å²) in [4.78, 5) is 4.66. The number of rotatable bonds is 12. The van der Waals surface area contributed by atoms with E-state index in [1.54, 1.807) is 0 Å². The van der Waals surface area contributed by atoms with Crippen LogP contribution in [0.3, 0.4) is 0 Å². The van der Waals surface area contributed by atoms with E-state index in [0.717, 1.165) is 150 Å². The van der Waals surface area contributed by atoms with Crippen LogP contribution in [0, 0.1) is 0 Å². The minimum atomic E-state index is 0.820. The Balaban J connectivity index is 0.833. The Labute approximate surface area is 514 Å². The summed E-state index contributed by atoms with van der Waals surface area (Å²) in [5.41, 5.74) is 24.5. The molecule has 0 saturated carbocycles. The van der Waals surface area contributed by atoms with Crippen molar-refractivity contribution in [1.29, 1.82) is 0 Å². The van der Waals surface area contributed by atoms with Gasteiger partial charge in [-0.15, -0.1) is 0 Å². The molecule has 3 heterocycles. The van der Waals surface area contributed by atoms with Crippen LogP contribution in [0.4, 0.5) is 34.1 Å². The average molecular weight is 1140 g/mol. The van der Waals surface area contributed by atoms with Crippen LogP contribution in [0.1, 0.15) is 0 Å². The summed E-state index contributed by atoms with van der Waals surface area (Å²) < 4.78 is 20.3. The fourth-order valence-electron chi connectivity index (χ4n) is 13.3. The average Bonchev–Trinajstić information content (AvgIpc) is 1.83. The zero-order valence-corrected chi connectivity index (χ0v) is 48.3. The summed E-state index contributed by atoms with van der Waals surface area (Å²) >= 11 is 0. The summed E-state index contributed by atoms with van der Waals surface area (Å²) in [6.07, 6.45) is 0. The third-order valence-electron chi connectivity index (χ3n) is 17.5. The van der Waals surface area contributed by atoms with Gasteiger partial charge in [-0.25, -0.2) is 0 Å². The minimum absolute atomic E-state index is 0.820. The topological polar surface area (TPSA) is 45.9 Å². The highest BCUT2D eigenvalue weighted by Gasteiger charge is 2.26. The molecule has 14 aromatic carbocycles. The van der Waals surface area contributed by atoms with Crippen LogP contribution in [0.25, 0.3) is 133 Å². The van der Waals surface area contributed by atoms with Crippen molar-refractivity contribution in [1.82, 2.24) is 0 Å². The Bertz CT molecular complexity index is 5360. The van der Waals surface area contributed by atoms with Crippen LogP contribution in [0.5, 0.6) is 0 Å². The third-order valence-corrected chi connectivity index (χ3v) is 17.5. The van der Waals surface area contributed by atoms with E-state index >= 15 is 0 Å². The van der Waals surface area contributed by atoms with Gasteiger partial charge in [0.05, 0.1) is 5.69 Å². The van der Waals surface area contributed by atoms with Crippen molar-refractivity contribution < 1.29 is 13.3 Å². The van der Waals surface area contributed by atoms with E-state index < -0.39 is 0 Å². The standard InChI is InChI=1S/C84H54N2O3/c1-4-17-55(18-5-1)58-31-41-63(42-32-58)85(64-43-33-59(34-44-64)56-19-6-2-7-20-56)65-47-37-61(38-48-65)80-69(51-53-78-82(80)72-24-11-14-29-76(72)87-78)70-52-54-79-83(73-25-12-15-30-77(73)88-79)81(70)62-39-49-67(50-40-62)86(66-45-35-60(36-46-66)57-21-8-3-9-22-57)74-27-16-26-71-68-23-10-13-28-75(68)89-84(71)74/h1-54H. The minimum Gasteiger partial charge on any atom is -0.456 e. The molecule has 0 unspecified atom stereocenters. The van der Waals surface area contributed by atoms with Gasteiger partial charge in [-0.05, 0) is 165 Å². The van der Waals surface area contributed by atoms with E-state index in [1.807, 2.05) is 24.3 Å². The number of anilines is 6. The number of para-hydroxylation sites is 4. The van der Waals surface area contributed by atoms with Crippen molar-refractivity contribution in [2.75, 3.05) is 9.80 Å². The van der Waals surface area contributed by atoms with Gasteiger partial charge in [0.25, 0.3) is 0 Å². The second kappa shape index (κ2) is 21.5. The molecule has 3 aromatic heterocycles. The Kier molecular flexibility index (Phi) is 12.5. The lowest BCUT2D eigenvalue weighted by atomic mass is 9.85. The van der Waals surface area contributed by atoms with Crippen molar-refractivity contribution in [3.8, 4) is 66.8 Å². The van der Waals surface area contributed by atoms with Crippen LogP contribution >= 0.6 is 0 Å². The summed E-state index contributed by atoms with van der Waals surface area (Å²) in [7, 11) is 0. The third kappa shape index (κ3) is 9.03. The summed E-state index contributed by atoms with van der Waals surface area (Å²) in [5, 5.41) is 6.37. The molecule has 0 amide bonds. The molecule has 17 rings (SSSR count). The molecule has 0 fully saturated rings. The van der Waals surface area contributed by atoms with Crippen LogP contribution < -0.4 is 9.80 Å². The highest BCUT2D eigenvalue weighted by Crippen LogP contribution is 2.51. The van der Waals surface area contributed by atoms with Crippen LogP contribution in [0.2, 0.25) is 0 Å². The number of hydrogen-bond donors (Lipinski definition) is 0. The van der Waals surface area contributed by atoms with Crippen molar-refractivity contribution in [3.05, 3.63) is 328 Å². The Morgan fingerprint density at radius 3 is 0.910 bits per heavy atom. The van der Waals surface area contributed by atoms with Gasteiger partial charge in [0, 0.05) is 71.9 Å². The maximum Gasteiger partial charge on any atom is 0.159 e. The fourth-order valence-corrected chi connectivity index (χ4v) is 13.3. The molecule has 0 aliphatic rings. The molecule has 0 bridgehead atoms. The molecule has 0 saturated heterocycles. The van der Waals surface area contributed by atoms with Gasteiger partial charge < -0.3 is 23.1 Å². The van der Waals surface area contributed by atoms with E-state index in [1.165, 1.54) is 16.7 Å². The van der Waals surface area contributed by atoms with Gasteiger partial charge >= 0.3 is 0 Å². The normalized spacial score (nSPS) is 11.6. The van der Waals surface area contributed by atoms with Gasteiger partial charge in [-0.3, -0.25) is 0 Å². The van der Waals surface area contributed by atoms with Crippen LogP contribution in [-0.2, 0) is 0 Å². The van der Waals surface area contributed by atoms with Crippen LogP contribution in [0.15, 0.2) is 341 Å². The van der Waals surface area contributed by atoms with Crippen molar-refractivity contribution >= 4 is 99.9 Å². The van der Waals surface area contributed by atoms with Crippen LogP contribution in [-0.4, -0.2) is 0 Å². The predicted octanol–water partition coefficient (Wildman–Crippen LogP) is 24.3. The largest absolute Gasteiger partial charge is 0.456 e. The second-order valence-electron chi connectivity index (χ2n) is 22.7. The van der Waals surface area contributed by atoms with E-state index in [-0.39, 0.29) is 0 Å². The molecule has 0 aliphatic carbocycles. The first-order chi connectivity index (χ1) is 44.1. The van der Waals surface area contributed by atoms with E-state index in [0.29, 0.717) is 0 Å². The number of hydrogen-bond acceptors (Lipinski definition) is 5. The smallest absolute Gasteiger partial charge is 0.159 e. The first-order valence-corrected chi connectivity index (χ1v) is 30.2. The molecule has 0 aliphatic heterocycles. The zero-order chi connectivity index (χ0) is 58.8. The molecular weight excluding hydrogens is 1080 g/mol. The maximum absolute atomic E-state index is 6.77. The SMILES string of the molecule is c1ccc(-c2ccc(N(c3ccc(-c4ccccc4)cc3)c3ccc(-c4c(-c5ccc6oc7ccccc7c6c5-c5ccc(N(c6ccc(-c7ccccc7)cc6)c6cccc7c6oc6ccccc67)cc5)ccc5oc6ccccc6c45)cc3)cc2)cc1. The lowest BCUT2D eigenvalue weighted by Crippen LogP contribution is -2.10. The van der Waals surface area contributed by atoms with Crippen molar-refractivity contribution in [3.63, 3.8) is 0 Å². The molecule has 89 heavy (non-hydrogen) atoms. The maximum atomic E-state index is 6.77. The van der Waals surface area contributed by atoms with E-state index in [2.05, 4.69) is 313 Å². The summed E-state index contributed by atoms with van der Waals surface area (Å²) in [6.45, 7) is 0. The van der Waals surface area contributed by atoms with Gasteiger partial charge in [0.2, 0.25) is 0 Å². The molecule has 418 valence electrons. The molecule has 0 radical (unpaired) electrons. The Morgan fingerprint density at radius 1 is 0.191 bits per heavy atom. The quantitative estimate of drug-likeness (QED) is 0.122. The molecular formula is C84H54N2O3. The first-order valence-electron chi connectivity index (χ1n) is 30.2. The Morgan fingerprint density at radius 2 is 0.506 bits per heavy atom. The van der Waals surface area contributed by atoms with Gasteiger partial charge in [0.1, 0.15) is 27.9 Å². The van der Waals surface area contributed by atoms with Gasteiger partial charge in [0.15, 0.2) is 5.58 Å². The van der Waals surface area contributed by atoms with E-state index in [4.69, 9.17) is 13.3 Å². The van der Waals surface area contributed by atoms with Crippen molar-refractivity contribution in [2.45, 2.75) is 0 Å². The number of fused-ring (bicyclic) bond motifs is 9. The predicted molar refractivity (Wildman–Crippen MR) is 370 cm³/mol. The monoisotopic (exact) mass is 1140 g/mol. The number of benzene rings is 14. The molecule has 0 N–H and O–H groups in total. The zero-order valence-electron chi connectivity index (χ0n) is 48.3. The van der Waals surface area contributed by atoms with Gasteiger partial charge in [-0.1, -0.05) is 218 Å². The first kappa shape index (κ1) is 51.5. The Hall–Kier alpha value is -11.9. The number of furan rings is 3. The molecule has 0 atom stereocenters.